The third-order valence-corrected chi connectivity index (χ3v) is 1.00. The Kier molecular flexibility index (Phi) is 4.98. The molecule has 0 aromatic carbocycles. The highest BCUT2D eigenvalue weighted by Crippen LogP contribution is 1.97. The quantitative estimate of drug-likeness (QED) is 0.330. The predicted molar refractivity (Wildman–Crippen MR) is 43.8 cm³/mol. The summed E-state index contributed by atoms with van der Waals surface area (Å²) in [6, 6.07) is 0.0694. The minimum absolute atomic E-state index is 0.0694. The van der Waals surface area contributed by atoms with E-state index < -0.39 is 0 Å². The largest absolute Gasteiger partial charge is 0.225 e. The molecule has 0 fully saturated rings. The summed E-state index contributed by atoms with van der Waals surface area (Å²) in [5, 5.41) is 2.29. The van der Waals surface area contributed by atoms with Crippen molar-refractivity contribution in [3.63, 3.8) is 0 Å². The molecule has 48 valence electrons. The molecule has 9 heavy (non-hydrogen) atoms. The maximum atomic E-state index is 4.41. The Bertz CT molecular complexity index is 145. The predicted octanol–water partition coefficient (Wildman–Crippen LogP) is 2.22. The molecule has 1 atom stereocenters. The summed E-state index contributed by atoms with van der Waals surface area (Å²) < 4.78 is 0. The lowest BCUT2D eigenvalue weighted by Gasteiger charge is -1.96. The number of nitrogens with zero attached hydrogens (tertiary/aromatic N) is 1. The maximum absolute atomic E-state index is 4.41. The van der Waals surface area contributed by atoms with E-state index in [1.807, 2.05) is 0 Å². The zero-order valence-electron chi connectivity index (χ0n) is 5.21. The minimum atomic E-state index is 0.0694. The number of isothiocyanates is 1. The summed E-state index contributed by atoms with van der Waals surface area (Å²) in [5.41, 5.74) is 0. The Hall–Kier alpha value is -0.720. The van der Waals surface area contributed by atoms with E-state index >= 15 is 0 Å². The maximum Gasteiger partial charge on any atom is 0.0814 e. The number of thiocarbonyl (C=S) groups is 1. The Morgan fingerprint density at radius 1 is 1.67 bits per heavy atom. The average Bonchev–Trinajstić information content (AvgIpc) is 1.88. The fraction of sp³-hybridized carbons (Fsp3) is 0.286. The van der Waals surface area contributed by atoms with Crippen LogP contribution in [0.3, 0.4) is 0 Å². The van der Waals surface area contributed by atoms with Crippen molar-refractivity contribution in [3.8, 4) is 0 Å². The molecule has 0 heterocycles. The monoisotopic (exact) mass is 139 g/mol. The molecule has 1 unspecified atom stereocenters. The molecule has 0 amide bonds. The highest BCUT2D eigenvalue weighted by atomic mass is 32.1. The van der Waals surface area contributed by atoms with E-state index in [-0.39, 0.29) is 6.04 Å². The Morgan fingerprint density at radius 3 is 2.67 bits per heavy atom. The summed E-state index contributed by atoms with van der Waals surface area (Å²) in [4.78, 5) is 3.81. The number of hydrogen-bond acceptors (Lipinski definition) is 2. The van der Waals surface area contributed by atoms with Crippen LogP contribution in [0.2, 0.25) is 0 Å². The van der Waals surface area contributed by atoms with Crippen molar-refractivity contribution in [1.82, 2.24) is 0 Å². The average molecular weight is 139 g/mol. The molecule has 0 bridgehead atoms. The summed E-state index contributed by atoms with van der Waals surface area (Å²) in [6.45, 7) is 7.13. The fourth-order valence-corrected chi connectivity index (χ4v) is 0.575. The van der Waals surface area contributed by atoms with Crippen molar-refractivity contribution in [2.75, 3.05) is 0 Å². The number of aliphatic imine (C=N–C) groups is 1. The van der Waals surface area contributed by atoms with E-state index in [9.17, 15) is 0 Å². The lowest BCUT2D eigenvalue weighted by molar-refractivity contribution is 0.847. The Morgan fingerprint density at radius 2 is 2.33 bits per heavy atom. The molecule has 0 saturated carbocycles. The van der Waals surface area contributed by atoms with Gasteiger partial charge in [-0.15, -0.1) is 13.2 Å². The molecule has 0 aromatic heterocycles. The first-order valence-corrected chi connectivity index (χ1v) is 3.06. The molecular formula is C7H9NS. The van der Waals surface area contributed by atoms with E-state index in [2.05, 4.69) is 35.5 Å². The van der Waals surface area contributed by atoms with Crippen LogP contribution < -0.4 is 0 Å². The summed E-state index contributed by atoms with van der Waals surface area (Å²) >= 11 is 4.41. The molecule has 0 N–H and O–H groups in total. The van der Waals surface area contributed by atoms with Crippen LogP contribution in [0.25, 0.3) is 0 Å². The van der Waals surface area contributed by atoms with Crippen molar-refractivity contribution in [2.24, 2.45) is 4.99 Å². The third-order valence-electron chi connectivity index (χ3n) is 0.899. The molecule has 2 heteroatoms. The second-order valence-corrected chi connectivity index (χ2v) is 1.73. The molecule has 0 aliphatic heterocycles. The van der Waals surface area contributed by atoms with E-state index in [1.165, 1.54) is 0 Å². The molecule has 0 radical (unpaired) electrons. The van der Waals surface area contributed by atoms with E-state index in [1.54, 1.807) is 12.2 Å². The van der Waals surface area contributed by atoms with Crippen LogP contribution in [0.1, 0.15) is 6.42 Å². The summed E-state index contributed by atoms with van der Waals surface area (Å²) in [6.07, 6.45) is 4.29. The van der Waals surface area contributed by atoms with Gasteiger partial charge in [-0.3, -0.25) is 0 Å². The summed E-state index contributed by atoms with van der Waals surface area (Å²) in [7, 11) is 0. The van der Waals surface area contributed by atoms with Gasteiger partial charge in [-0.1, -0.05) is 12.2 Å². The van der Waals surface area contributed by atoms with Gasteiger partial charge in [-0.05, 0) is 18.6 Å². The Labute approximate surface area is 60.8 Å². The number of hydrogen-bond donors (Lipinski definition) is 0. The van der Waals surface area contributed by atoms with Crippen molar-refractivity contribution >= 4 is 17.4 Å². The normalized spacial score (nSPS) is 11.1. The molecule has 1 nitrogen and oxygen atoms in total. The molecule has 0 saturated heterocycles. The lowest BCUT2D eigenvalue weighted by Crippen LogP contribution is -1.94. The van der Waals surface area contributed by atoms with Crippen molar-refractivity contribution in [3.05, 3.63) is 25.3 Å². The first kappa shape index (κ1) is 8.28. The van der Waals surface area contributed by atoms with Crippen LogP contribution in [-0.4, -0.2) is 11.2 Å². The van der Waals surface area contributed by atoms with Gasteiger partial charge >= 0.3 is 0 Å². The van der Waals surface area contributed by atoms with Crippen LogP contribution in [0.4, 0.5) is 0 Å². The van der Waals surface area contributed by atoms with Crippen molar-refractivity contribution < 1.29 is 0 Å². The van der Waals surface area contributed by atoms with Crippen LogP contribution >= 0.6 is 12.2 Å². The van der Waals surface area contributed by atoms with Crippen LogP contribution in [0, 0.1) is 0 Å². The van der Waals surface area contributed by atoms with Crippen LogP contribution in [-0.2, 0) is 0 Å². The van der Waals surface area contributed by atoms with Crippen LogP contribution in [0.15, 0.2) is 30.3 Å². The third kappa shape index (κ3) is 3.83. The second-order valence-electron chi connectivity index (χ2n) is 1.55. The van der Waals surface area contributed by atoms with Crippen LogP contribution in [0.5, 0.6) is 0 Å². The smallest absolute Gasteiger partial charge is 0.0814 e. The summed E-state index contributed by atoms with van der Waals surface area (Å²) in [5.74, 6) is 0. The highest BCUT2D eigenvalue weighted by molar-refractivity contribution is 7.78. The molecular weight excluding hydrogens is 130 g/mol. The molecule has 0 aliphatic rings. The van der Waals surface area contributed by atoms with E-state index in [0.717, 1.165) is 6.42 Å². The van der Waals surface area contributed by atoms with E-state index in [4.69, 9.17) is 0 Å². The fourth-order valence-electron chi connectivity index (χ4n) is 0.440. The molecule has 0 rings (SSSR count). The molecule has 0 spiro atoms. The minimum Gasteiger partial charge on any atom is -0.225 e. The first-order valence-electron chi connectivity index (χ1n) is 2.65. The number of rotatable bonds is 4. The zero-order chi connectivity index (χ0) is 7.11. The van der Waals surface area contributed by atoms with Gasteiger partial charge in [0.2, 0.25) is 0 Å². The Balaban J connectivity index is 3.80. The standard InChI is InChI=1S/C7H9NS/c1-3-5-7(4-2)8-6-9/h3-4,7H,1-2,5H2. The van der Waals surface area contributed by atoms with E-state index in [0.29, 0.717) is 0 Å². The first-order chi connectivity index (χ1) is 4.35. The lowest BCUT2D eigenvalue weighted by atomic mass is 10.2. The second kappa shape index (κ2) is 5.42. The van der Waals surface area contributed by atoms with Gasteiger partial charge in [0.05, 0.1) is 11.2 Å². The van der Waals surface area contributed by atoms with Gasteiger partial charge in [0, 0.05) is 0 Å². The van der Waals surface area contributed by atoms with Gasteiger partial charge in [0.15, 0.2) is 0 Å². The van der Waals surface area contributed by atoms with Gasteiger partial charge in [-0.2, -0.15) is 0 Å². The topological polar surface area (TPSA) is 12.4 Å². The zero-order valence-corrected chi connectivity index (χ0v) is 6.03. The van der Waals surface area contributed by atoms with Gasteiger partial charge in [-0.25, -0.2) is 4.99 Å². The van der Waals surface area contributed by atoms with Crippen molar-refractivity contribution in [1.29, 1.82) is 0 Å². The molecule has 0 aromatic rings. The van der Waals surface area contributed by atoms with Crippen molar-refractivity contribution in [2.45, 2.75) is 12.5 Å². The van der Waals surface area contributed by atoms with Gasteiger partial charge in [0.1, 0.15) is 0 Å². The SMILES string of the molecule is C=CCC(C=C)N=C=S. The molecule has 0 aliphatic carbocycles. The van der Waals surface area contributed by atoms with Gasteiger partial charge in [0.25, 0.3) is 0 Å². The van der Waals surface area contributed by atoms with Gasteiger partial charge < -0.3 is 0 Å². The highest BCUT2D eigenvalue weighted by Gasteiger charge is 1.93.